The van der Waals surface area contributed by atoms with Crippen LogP contribution in [0.2, 0.25) is 0 Å². The van der Waals surface area contributed by atoms with Gasteiger partial charge in [-0.2, -0.15) is 5.10 Å². The first-order valence-corrected chi connectivity index (χ1v) is 9.01. The monoisotopic (exact) mass is 409 g/mol. The van der Waals surface area contributed by atoms with Gasteiger partial charge in [0.25, 0.3) is 11.8 Å². The van der Waals surface area contributed by atoms with E-state index in [9.17, 15) is 9.59 Å². The van der Waals surface area contributed by atoms with Gasteiger partial charge in [0.2, 0.25) is 0 Å². The molecular formula is C22H23N3O5. The molecule has 1 unspecified atom stereocenters. The lowest BCUT2D eigenvalue weighted by Gasteiger charge is -2.13. The number of para-hydroxylation sites is 1. The molecule has 0 saturated carbocycles. The average Bonchev–Trinajstić information content (AvgIpc) is 2.77. The summed E-state index contributed by atoms with van der Waals surface area (Å²) in [5.74, 6) is 3.05. The first-order valence-electron chi connectivity index (χ1n) is 9.01. The molecule has 1 atom stereocenters. The Balaban J connectivity index is 1.98. The normalized spacial score (nSPS) is 11.3. The zero-order chi connectivity index (χ0) is 21.9. The minimum atomic E-state index is -0.806. The van der Waals surface area contributed by atoms with E-state index < -0.39 is 11.9 Å². The van der Waals surface area contributed by atoms with Crippen LogP contribution < -0.4 is 25.0 Å². The van der Waals surface area contributed by atoms with E-state index in [0.717, 1.165) is 0 Å². The largest absolute Gasteiger partial charge is 0.497 e. The summed E-state index contributed by atoms with van der Waals surface area (Å²) in [5.41, 5.74) is 3.36. The van der Waals surface area contributed by atoms with Crippen LogP contribution in [-0.2, 0) is 4.79 Å². The third kappa shape index (κ3) is 6.01. The SMILES string of the molecule is C#CCOc1c(C=NNC(=O)C(C)NC(=O)c2ccc(OC)cc2)cccc1OC. The molecule has 0 spiro atoms. The van der Waals surface area contributed by atoms with Crippen LogP contribution in [-0.4, -0.2) is 44.9 Å². The molecule has 30 heavy (non-hydrogen) atoms. The standard InChI is InChI=1S/C22H23N3O5/c1-5-13-30-20-17(7-6-8-19(20)29-4)14-23-25-21(26)15(2)24-22(27)16-9-11-18(28-3)12-10-16/h1,6-12,14-15H,13H2,2-4H3,(H,24,27)(H,25,26). The minimum absolute atomic E-state index is 0.0575. The molecule has 2 aromatic carbocycles. The van der Waals surface area contributed by atoms with Crippen LogP contribution in [0, 0.1) is 12.3 Å². The van der Waals surface area contributed by atoms with Gasteiger partial charge in [-0.1, -0.05) is 12.0 Å². The highest BCUT2D eigenvalue weighted by Gasteiger charge is 2.16. The second-order valence-electron chi connectivity index (χ2n) is 6.03. The van der Waals surface area contributed by atoms with E-state index in [2.05, 4.69) is 21.8 Å². The molecule has 2 N–H and O–H groups in total. The van der Waals surface area contributed by atoms with Crippen molar-refractivity contribution >= 4 is 18.0 Å². The van der Waals surface area contributed by atoms with Crippen LogP contribution in [0.1, 0.15) is 22.8 Å². The zero-order valence-electron chi connectivity index (χ0n) is 17.0. The molecule has 2 amide bonds. The molecule has 0 heterocycles. The van der Waals surface area contributed by atoms with Crippen molar-refractivity contribution in [2.45, 2.75) is 13.0 Å². The maximum atomic E-state index is 12.3. The second-order valence-corrected chi connectivity index (χ2v) is 6.03. The van der Waals surface area contributed by atoms with Crippen molar-refractivity contribution in [3.05, 3.63) is 53.6 Å². The van der Waals surface area contributed by atoms with Gasteiger partial charge in [-0.3, -0.25) is 9.59 Å². The highest BCUT2D eigenvalue weighted by Crippen LogP contribution is 2.29. The van der Waals surface area contributed by atoms with Gasteiger partial charge in [-0.15, -0.1) is 6.42 Å². The van der Waals surface area contributed by atoms with Crippen molar-refractivity contribution in [3.8, 4) is 29.6 Å². The fourth-order valence-electron chi connectivity index (χ4n) is 2.41. The van der Waals surface area contributed by atoms with Crippen LogP contribution in [0.4, 0.5) is 0 Å². The predicted molar refractivity (Wildman–Crippen MR) is 113 cm³/mol. The van der Waals surface area contributed by atoms with E-state index in [-0.39, 0.29) is 12.5 Å². The van der Waals surface area contributed by atoms with Crippen LogP contribution in [0.25, 0.3) is 0 Å². The Bertz CT molecular complexity index is 948. The minimum Gasteiger partial charge on any atom is -0.497 e. The molecule has 0 radical (unpaired) electrons. The number of hydrogen-bond acceptors (Lipinski definition) is 6. The molecule has 0 saturated heterocycles. The molecule has 0 aliphatic heterocycles. The smallest absolute Gasteiger partial charge is 0.262 e. The quantitative estimate of drug-likeness (QED) is 0.375. The van der Waals surface area contributed by atoms with Gasteiger partial charge in [0.05, 0.1) is 20.4 Å². The Morgan fingerprint density at radius 2 is 1.90 bits per heavy atom. The number of ether oxygens (including phenoxy) is 3. The molecular weight excluding hydrogens is 386 g/mol. The van der Waals surface area contributed by atoms with Gasteiger partial charge < -0.3 is 19.5 Å². The van der Waals surface area contributed by atoms with Crippen molar-refractivity contribution < 1.29 is 23.8 Å². The number of methoxy groups -OCH3 is 2. The second kappa shape index (κ2) is 11.1. The summed E-state index contributed by atoms with van der Waals surface area (Å²) < 4.78 is 15.8. The molecule has 0 bridgehead atoms. The Labute approximate surface area is 175 Å². The lowest BCUT2D eigenvalue weighted by Crippen LogP contribution is -2.43. The van der Waals surface area contributed by atoms with E-state index in [1.54, 1.807) is 49.4 Å². The molecule has 156 valence electrons. The molecule has 8 heteroatoms. The summed E-state index contributed by atoms with van der Waals surface area (Å²) in [5, 5.41) is 6.54. The van der Waals surface area contributed by atoms with Crippen LogP contribution >= 0.6 is 0 Å². The topological polar surface area (TPSA) is 98.2 Å². The van der Waals surface area contributed by atoms with Gasteiger partial charge in [0.15, 0.2) is 11.5 Å². The number of carbonyl (C=O) groups is 2. The summed E-state index contributed by atoms with van der Waals surface area (Å²) in [7, 11) is 3.05. The van der Waals surface area contributed by atoms with E-state index in [1.807, 2.05) is 0 Å². The highest BCUT2D eigenvalue weighted by atomic mass is 16.5. The predicted octanol–water partition coefficient (Wildman–Crippen LogP) is 1.98. The fraction of sp³-hybridized carbons (Fsp3) is 0.227. The molecule has 2 aromatic rings. The molecule has 8 nitrogen and oxygen atoms in total. The number of rotatable bonds is 9. The number of nitrogens with one attached hydrogen (secondary N) is 2. The maximum Gasteiger partial charge on any atom is 0.262 e. The summed E-state index contributed by atoms with van der Waals surface area (Å²) in [6.07, 6.45) is 6.65. The number of hydrogen-bond donors (Lipinski definition) is 2. The van der Waals surface area contributed by atoms with E-state index >= 15 is 0 Å². The number of terminal acetylenes is 1. The van der Waals surface area contributed by atoms with E-state index in [0.29, 0.717) is 28.4 Å². The Kier molecular flexibility index (Phi) is 8.27. The van der Waals surface area contributed by atoms with Crippen LogP contribution in [0.15, 0.2) is 47.6 Å². The van der Waals surface area contributed by atoms with Crippen molar-refractivity contribution in [1.82, 2.24) is 10.7 Å². The third-order valence-corrected chi connectivity index (χ3v) is 4.00. The van der Waals surface area contributed by atoms with Gasteiger partial charge in [-0.05, 0) is 43.3 Å². The summed E-state index contributed by atoms with van der Waals surface area (Å²) in [6.45, 7) is 1.61. The first-order chi connectivity index (χ1) is 14.5. The van der Waals surface area contributed by atoms with Crippen LogP contribution in [0.3, 0.4) is 0 Å². The molecule has 0 aliphatic carbocycles. The van der Waals surface area contributed by atoms with Crippen molar-refractivity contribution in [1.29, 1.82) is 0 Å². The first kappa shape index (κ1) is 22.3. The number of carbonyl (C=O) groups excluding carboxylic acids is 2. The lowest BCUT2D eigenvalue weighted by atomic mass is 10.2. The fourth-order valence-corrected chi connectivity index (χ4v) is 2.41. The Hall–Kier alpha value is -3.99. The van der Waals surface area contributed by atoms with Gasteiger partial charge >= 0.3 is 0 Å². The maximum absolute atomic E-state index is 12.3. The number of nitrogens with zero attached hydrogens (tertiary/aromatic N) is 1. The summed E-state index contributed by atoms with van der Waals surface area (Å²) in [6, 6.07) is 10.9. The summed E-state index contributed by atoms with van der Waals surface area (Å²) in [4.78, 5) is 24.5. The zero-order valence-corrected chi connectivity index (χ0v) is 17.0. The lowest BCUT2D eigenvalue weighted by molar-refractivity contribution is -0.122. The number of benzene rings is 2. The molecule has 0 aromatic heterocycles. The van der Waals surface area contributed by atoms with Gasteiger partial charge in [0, 0.05) is 11.1 Å². The Morgan fingerprint density at radius 1 is 1.17 bits per heavy atom. The molecule has 2 rings (SSSR count). The average molecular weight is 409 g/mol. The van der Waals surface area contributed by atoms with Crippen LogP contribution in [0.5, 0.6) is 17.2 Å². The van der Waals surface area contributed by atoms with E-state index in [4.69, 9.17) is 20.6 Å². The number of amides is 2. The van der Waals surface area contributed by atoms with E-state index in [1.165, 1.54) is 20.4 Å². The van der Waals surface area contributed by atoms with Crippen molar-refractivity contribution in [2.75, 3.05) is 20.8 Å². The summed E-state index contributed by atoms with van der Waals surface area (Å²) >= 11 is 0. The van der Waals surface area contributed by atoms with Gasteiger partial charge in [0.1, 0.15) is 18.4 Å². The van der Waals surface area contributed by atoms with Gasteiger partial charge in [-0.25, -0.2) is 5.43 Å². The Morgan fingerprint density at radius 3 is 2.53 bits per heavy atom. The molecule has 0 fully saturated rings. The highest BCUT2D eigenvalue weighted by molar-refractivity contribution is 5.97. The molecule has 0 aliphatic rings. The number of hydrazone groups is 1. The van der Waals surface area contributed by atoms with Crippen molar-refractivity contribution in [3.63, 3.8) is 0 Å². The van der Waals surface area contributed by atoms with Crippen molar-refractivity contribution in [2.24, 2.45) is 5.10 Å². The third-order valence-electron chi connectivity index (χ3n) is 4.00.